The molecule has 27 heavy (non-hydrogen) atoms. The van der Waals surface area contributed by atoms with E-state index in [4.69, 9.17) is 28.2 Å². The molecule has 0 saturated heterocycles. The van der Waals surface area contributed by atoms with Gasteiger partial charge >= 0.3 is 0 Å². The third-order valence-electron chi connectivity index (χ3n) is 3.69. The third kappa shape index (κ3) is 4.85. The van der Waals surface area contributed by atoms with E-state index >= 15 is 0 Å². The van der Waals surface area contributed by atoms with Gasteiger partial charge in [0.2, 0.25) is 0 Å². The number of carbonyl (C=O) groups excluding carboxylic acids is 1. The van der Waals surface area contributed by atoms with Crippen LogP contribution in [0.1, 0.15) is 16.1 Å². The van der Waals surface area contributed by atoms with E-state index in [9.17, 15) is 9.18 Å². The Hall–Kier alpha value is -1.97. The first kappa shape index (κ1) is 19.8. The lowest BCUT2D eigenvalue weighted by Gasteiger charge is -2.09. The van der Waals surface area contributed by atoms with E-state index in [1.165, 1.54) is 12.1 Å². The predicted molar refractivity (Wildman–Crippen MR) is 117 cm³/mol. The van der Waals surface area contributed by atoms with Gasteiger partial charge in [0.1, 0.15) is 11.6 Å². The first-order valence-electron chi connectivity index (χ1n) is 7.77. The minimum atomic E-state index is -0.539. The lowest BCUT2D eigenvalue weighted by atomic mass is 10.1. The molecule has 0 unspecified atom stereocenters. The molecule has 0 spiro atoms. The number of hydrogen-bond acceptors (Lipinski definition) is 3. The molecule has 1 amide bonds. The van der Waals surface area contributed by atoms with Gasteiger partial charge in [-0.15, -0.1) is 0 Å². The van der Waals surface area contributed by atoms with E-state index in [0.717, 1.165) is 14.7 Å². The molecule has 3 aromatic rings. The second-order valence-electron chi connectivity index (χ2n) is 5.66. The second kappa shape index (κ2) is 8.37. The number of anilines is 1. The summed E-state index contributed by atoms with van der Waals surface area (Å²) in [5, 5.41) is 5.70. The Labute approximate surface area is 179 Å². The van der Waals surface area contributed by atoms with Gasteiger partial charge in [-0.05, 0) is 83.7 Å². The van der Waals surface area contributed by atoms with Gasteiger partial charge in [-0.3, -0.25) is 10.1 Å². The van der Waals surface area contributed by atoms with Crippen molar-refractivity contribution in [3.05, 3.63) is 74.3 Å². The van der Waals surface area contributed by atoms with Crippen LogP contribution in [0.25, 0.3) is 11.3 Å². The molecule has 0 aliphatic carbocycles. The topological polar surface area (TPSA) is 54.3 Å². The highest BCUT2D eigenvalue weighted by Crippen LogP contribution is 2.27. The van der Waals surface area contributed by atoms with Crippen LogP contribution in [0.4, 0.5) is 10.1 Å². The Morgan fingerprint density at radius 1 is 1.19 bits per heavy atom. The second-order valence-corrected chi connectivity index (χ2v) is 7.72. The van der Waals surface area contributed by atoms with Gasteiger partial charge in [0, 0.05) is 14.2 Å². The molecular formula is C19H13ClFIN2O2S. The minimum absolute atomic E-state index is 0.0311. The minimum Gasteiger partial charge on any atom is -0.451 e. The van der Waals surface area contributed by atoms with Gasteiger partial charge in [0.05, 0.1) is 5.69 Å². The largest absolute Gasteiger partial charge is 0.451 e. The molecule has 4 nitrogen and oxygen atoms in total. The molecule has 0 atom stereocenters. The fourth-order valence-electron chi connectivity index (χ4n) is 2.27. The van der Waals surface area contributed by atoms with Crippen LogP contribution in [0.15, 0.2) is 52.9 Å². The van der Waals surface area contributed by atoms with Crippen LogP contribution in [0.2, 0.25) is 5.02 Å². The van der Waals surface area contributed by atoms with Crippen molar-refractivity contribution >= 4 is 63.1 Å². The molecule has 0 bridgehead atoms. The Bertz CT molecular complexity index is 1040. The number of carbonyl (C=O) groups is 1. The molecule has 0 fully saturated rings. The number of amides is 1. The molecule has 2 aromatic carbocycles. The Morgan fingerprint density at radius 2 is 1.96 bits per heavy atom. The van der Waals surface area contributed by atoms with Crippen LogP contribution in [0, 0.1) is 16.3 Å². The van der Waals surface area contributed by atoms with E-state index in [1.807, 2.05) is 41.6 Å². The average Bonchev–Trinajstić information content (AvgIpc) is 3.10. The summed E-state index contributed by atoms with van der Waals surface area (Å²) in [4.78, 5) is 12.3. The van der Waals surface area contributed by atoms with Crippen LogP contribution in [-0.2, 0) is 0 Å². The van der Waals surface area contributed by atoms with Gasteiger partial charge in [0.25, 0.3) is 5.91 Å². The lowest BCUT2D eigenvalue weighted by Crippen LogP contribution is -2.34. The van der Waals surface area contributed by atoms with Crippen LogP contribution < -0.4 is 10.6 Å². The summed E-state index contributed by atoms with van der Waals surface area (Å²) in [6.45, 7) is 1.90. The summed E-state index contributed by atoms with van der Waals surface area (Å²) in [7, 11) is 0. The third-order valence-corrected chi connectivity index (χ3v) is 4.97. The first-order valence-corrected chi connectivity index (χ1v) is 9.64. The van der Waals surface area contributed by atoms with Gasteiger partial charge in [-0.1, -0.05) is 23.7 Å². The van der Waals surface area contributed by atoms with Crippen LogP contribution in [0.3, 0.4) is 0 Å². The maximum absolute atomic E-state index is 13.9. The summed E-state index contributed by atoms with van der Waals surface area (Å²) in [6.07, 6.45) is 0. The van der Waals surface area contributed by atoms with E-state index in [1.54, 1.807) is 24.3 Å². The number of benzene rings is 2. The van der Waals surface area contributed by atoms with Gasteiger partial charge in [-0.25, -0.2) is 4.39 Å². The SMILES string of the molecule is Cc1ccc(-c2ccc(C(=O)NC(=S)Nc3ccc(I)cc3F)o2)cc1Cl. The van der Waals surface area contributed by atoms with Gasteiger partial charge < -0.3 is 9.73 Å². The average molecular weight is 515 g/mol. The van der Waals surface area contributed by atoms with Crippen molar-refractivity contribution in [1.82, 2.24) is 5.32 Å². The monoisotopic (exact) mass is 514 g/mol. The molecule has 1 heterocycles. The van der Waals surface area contributed by atoms with Crippen molar-refractivity contribution in [1.29, 1.82) is 0 Å². The highest BCUT2D eigenvalue weighted by atomic mass is 127. The Morgan fingerprint density at radius 3 is 2.67 bits per heavy atom. The smallest absolute Gasteiger partial charge is 0.293 e. The van der Waals surface area contributed by atoms with Gasteiger partial charge in [0.15, 0.2) is 10.9 Å². The molecule has 0 radical (unpaired) electrons. The number of aryl methyl sites for hydroxylation is 1. The summed E-state index contributed by atoms with van der Waals surface area (Å²) in [5.74, 6) is -0.420. The quantitative estimate of drug-likeness (QED) is 0.344. The Balaban J connectivity index is 1.68. The van der Waals surface area contributed by atoms with Crippen molar-refractivity contribution in [3.8, 4) is 11.3 Å². The van der Waals surface area contributed by atoms with Crippen molar-refractivity contribution < 1.29 is 13.6 Å². The standard InChI is InChI=1S/C19H13ClFIN2O2S/c1-10-2-3-11(8-13(10)20)16-6-7-17(26-16)18(25)24-19(27)23-15-5-4-12(22)9-14(15)21/h2-9H,1H3,(H2,23,24,25,27). The fraction of sp³-hybridized carbons (Fsp3) is 0.0526. The summed E-state index contributed by atoms with van der Waals surface area (Å²) in [5.41, 5.74) is 1.88. The van der Waals surface area contributed by atoms with E-state index in [0.29, 0.717) is 10.8 Å². The van der Waals surface area contributed by atoms with Crippen molar-refractivity contribution in [2.45, 2.75) is 6.92 Å². The summed E-state index contributed by atoms with van der Waals surface area (Å²) < 4.78 is 20.2. The zero-order valence-electron chi connectivity index (χ0n) is 14.0. The van der Waals surface area contributed by atoms with Crippen molar-refractivity contribution in [2.24, 2.45) is 0 Å². The Kier molecular flexibility index (Phi) is 6.13. The van der Waals surface area contributed by atoms with Crippen molar-refractivity contribution in [2.75, 3.05) is 5.32 Å². The highest BCUT2D eigenvalue weighted by molar-refractivity contribution is 14.1. The number of hydrogen-bond donors (Lipinski definition) is 2. The van der Waals surface area contributed by atoms with Crippen LogP contribution >= 0.6 is 46.4 Å². The molecule has 0 aliphatic heterocycles. The molecule has 3 rings (SSSR count). The first-order chi connectivity index (χ1) is 12.8. The molecule has 8 heteroatoms. The van der Waals surface area contributed by atoms with Crippen LogP contribution in [0.5, 0.6) is 0 Å². The number of rotatable bonds is 3. The van der Waals surface area contributed by atoms with E-state index < -0.39 is 11.7 Å². The van der Waals surface area contributed by atoms with Crippen molar-refractivity contribution in [3.63, 3.8) is 0 Å². The summed E-state index contributed by atoms with van der Waals surface area (Å²) >= 11 is 13.2. The molecule has 2 N–H and O–H groups in total. The molecule has 1 aromatic heterocycles. The number of halogens is 3. The zero-order valence-corrected chi connectivity index (χ0v) is 17.7. The van der Waals surface area contributed by atoms with Gasteiger partial charge in [-0.2, -0.15) is 0 Å². The molecule has 138 valence electrons. The maximum Gasteiger partial charge on any atom is 0.293 e. The number of furan rings is 1. The lowest BCUT2D eigenvalue weighted by molar-refractivity contribution is 0.0951. The molecule has 0 aliphatic rings. The number of nitrogens with one attached hydrogen (secondary N) is 2. The predicted octanol–water partition coefficient (Wildman–Crippen LogP) is 5.78. The van der Waals surface area contributed by atoms with Crippen LogP contribution in [-0.4, -0.2) is 11.0 Å². The maximum atomic E-state index is 13.9. The molecular weight excluding hydrogens is 502 g/mol. The van der Waals surface area contributed by atoms with E-state index in [-0.39, 0.29) is 16.6 Å². The highest BCUT2D eigenvalue weighted by Gasteiger charge is 2.15. The summed E-state index contributed by atoms with van der Waals surface area (Å²) in [6, 6.07) is 13.3. The fourth-order valence-corrected chi connectivity index (χ4v) is 3.11. The van der Waals surface area contributed by atoms with E-state index in [2.05, 4.69) is 10.6 Å². The zero-order chi connectivity index (χ0) is 19.6. The normalized spacial score (nSPS) is 10.5. The number of thiocarbonyl (C=S) groups is 1. The molecule has 0 saturated carbocycles.